The largest absolute Gasteiger partial charge is 0.416 e. The Morgan fingerprint density at radius 2 is 1.27 bits per heavy atom. The van der Waals surface area contributed by atoms with Crippen LogP contribution in [0.15, 0.2) is 72.8 Å². The number of fused-ring (bicyclic) bond motifs is 1. The molecule has 1 heterocycles. The molecule has 218 valence electrons. The van der Waals surface area contributed by atoms with Crippen LogP contribution in [0.1, 0.15) is 33.4 Å². The van der Waals surface area contributed by atoms with Crippen LogP contribution in [0.25, 0.3) is 0 Å². The Balaban J connectivity index is 1.32. The average Bonchev–Trinajstić information content (AvgIpc) is 3.33. The van der Waals surface area contributed by atoms with Gasteiger partial charge in [-0.15, -0.1) is 0 Å². The number of hydrogen-bond donors (Lipinski definition) is 0. The Morgan fingerprint density at radius 1 is 0.756 bits per heavy atom. The summed E-state index contributed by atoms with van der Waals surface area (Å²) in [4.78, 5) is 19.9. The second kappa shape index (κ2) is 11.1. The summed E-state index contributed by atoms with van der Waals surface area (Å²) in [5.74, 6) is -0.155. The van der Waals surface area contributed by atoms with Crippen molar-refractivity contribution in [1.82, 2.24) is 14.7 Å². The first-order valence-corrected chi connectivity index (χ1v) is 13.5. The monoisotopic (exact) mass is 575 g/mol. The summed E-state index contributed by atoms with van der Waals surface area (Å²) < 4.78 is 79.3. The van der Waals surface area contributed by atoms with Gasteiger partial charge in [0, 0.05) is 59.2 Å². The van der Waals surface area contributed by atoms with Crippen molar-refractivity contribution in [2.24, 2.45) is 0 Å². The fourth-order valence-corrected chi connectivity index (χ4v) is 6.09. The molecule has 0 radical (unpaired) electrons. The molecule has 1 aliphatic heterocycles. The standard InChI is InChI=1S/C31H31F6N3O/c1-38(20-22-6-4-10-26(16-22)30(32,33)34)28(41)29(18-24-8-2-3-9-25(24)19-29)40-14-12-39(13-15-40)21-23-7-5-11-27(17-23)31(35,36)37/h2-11,16-17H,12-15,18-21H2,1H3. The maximum Gasteiger partial charge on any atom is 0.416 e. The lowest BCUT2D eigenvalue weighted by molar-refractivity contribution is -0.145. The number of rotatable bonds is 6. The molecular formula is C31H31F6N3O. The number of alkyl halides is 6. The van der Waals surface area contributed by atoms with E-state index in [-0.39, 0.29) is 12.5 Å². The van der Waals surface area contributed by atoms with Crippen LogP contribution >= 0.6 is 0 Å². The molecule has 3 aromatic rings. The minimum atomic E-state index is -4.47. The molecular weight excluding hydrogens is 544 g/mol. The Bertz CT molecular complexity index is 1370. The summed E-state index contributed by atoms with van der Waals surface area (Å²) in [6.45, 7) is 2.62. The van der Waals surface area contributed by atoms with E-state index in [0.717, 1.165) is 29.3 Å². The lowest BCUT2D eigenvalue weighted by Crippen LogP contribution is -2.64. The number of likely N-dealkylation sites (N-methyl/N-ethyl adjacent to an activating group) is 1. The van der Waals surface area contributed by atoms with Gasteiger partial charge in [0.2, 0.25) is 5.91 Å². The first-order chi connectivity index (χ1) is 19.3. The van der Waals surface area contributed by atoms with Gasteiger partial charge in [-0.25, -0.2) is 0 Å². The Labute approximate surface area is 235 Å². The molecule has 3 aromatic carbocycles. The fraction of sp³-hybridized carbons (Fsp3) is 0.387. The highest BCUT2D eigenvalue weighted by Crippen LogP contribution is 2.38. The van der Waals surface area contributed by atoms with Gasteiger partial charge < -0.3 is 4.90 Å². The molecule has 0 unspecified atom stereocenters. The maximum atomic E-state index is 14.2. The summed E-state index contributed by atoms with van der Waals surface area (Å²) in [6.07, 6.45) is -7.90. The second-order valence-corrected chi connectivity index (χ2v) is 11.0. The van der Waals surface area contributed by atoms with Crippen LogP contribution in [0.2, 0.25) is 0 Å². The summed E-state index contributed by atoms with van der Waals surface area (Å²) in [5.41, 5.74) is 0.795. The summed E-state index contributed by atoms with van der Waals surface area (Å²) >= 11 is 0. The van der Waals surface area contributed by atoms with Gasteiger partial charge in [-0.1, -0.05) is 54.6 Å². The molecule has 10 heteroatoms. The van der Waals surface area contributed by atoms with E-state index in [1.807, 2.05) is 24.3 Å². The van der Waals surface area contributed by atoms with E-state index in [2.05, 4.69) is 9.80 Å². The van der Waals surface area contributed by atoms with E-state index in [1.54, 1.807) is 19.2 Å². The third-order valence-corrected chi connectivity index (χ3v) is 8.14. The zero-order valence-corrected chi connectivity index (χ0v) is 22.6. The molecule has 1 saturated heterocycles. The van der Waals surface area contributed by atoms with E-state index in [0.29, 0.717) is 56.7 Å². The van der Waals surface area contributed by atoms with Crippen LogP contribution in [-0.4, -0.2) is 59.4 Å². The topological polar surface area (TPSA) is 26.8 Å². The van der Waals surface area contributed by atoms with Gasteiger partial charge in [0.05, 0.1) is 11.1 Å². The van der Waals surface area contributed by atoms with Crippen LogP contribution in [0, 0.1) is 0 Å². The normalized spacial score (nSPS) is 17.8. The fourth-order valence-electron chi connectivity index (χ4n) is 6.09. The molecule has 5 rings (SSSR count). The molecule has 4 nitrogen and oxygen atoms in total. The predicted octanol–water partition coefficient (Wildman–Crippen LogP) is 6.04. The predicted molar refractivity (Wildman–Crippen MR) is 143 cm³/mol. The van der Waals surface area contributed by atoms with Crippen molar-refractivity contribution < 1.29 is 31.1 Å². The van der Waals surface area contributed by atoms with Crippen molar-refractivity contribution in [3.05, 3.63) is 106 Å². The maximum absolute atomic E-state index is 14.2. The van der Waals surface area contributed by atoms with Gasteiger partial charge in [0.15, 0.2) is 0 Å². The van der Waals surface area contributed by atoms with Gasteiger partial charge in [-0.2, -0.15) is 26.3 Å². The van der Waals surface area contributed by atoms with Crippen molar-refractivity contribution in [3.8, 4) is 0 Å². The molecule has 0 spiro atoms. The van der Waals surface area contributed by atoms with Gasteiger partial charge in [0.1, 0.15) is 5.54 Å². The van der Waals surface area contributed by atoms with Crippen LogP contribution in [0.3, 0.4) is 0 Å². The minimum absolute atomic E-state index is 0.0381. The highest BCUT2D eigenvalue weighted by molar-refractivity contribution is 5.88. The van der Waals surface area contributed by atoms with E-state index in [9.17, 15) is 31.1 Å². The molecule has 41 heavy (non-hydrogen) atoms. The quantitative estimate of drug-likeness (QED) is 0.336. The number of nitrogens with zero attached hydrogens (tertiary/aromatic N) is 3. The number of carbonyl (C=O) groups excluding carboxylic acids is 1. The molecule has 1 amide bonds. The highest BCUT2D eigenvalue weighted by Gasteiger charge is 2.50. The molecule has 1 fully saturated rings. The third kappa shape index (κ3) is 6.28. The number of benzene rings is 3. The summed E-state index contributed by atoms with van der Waals surface area (Å²) in [5, 5.41) is 0. The SMILES string of the molecule is CN(Cc1cccc(C(F)(F)F)c1)C(=O)C1(N2CCN(Cc3cccc(C(F)(F)F)c3)CC2)Cc2ccccc2C1. The van der Waals surface area contributed by atoms with E-state index in [4.69, 9.17) is 0 Å². The molecule has 0 N–H and O–H groups in total. The zero-order valence-electron chi connectivity index (χ0n) is 22.6. The van der Waals surface area contributed by atoms with Crippen LogP contribution < -0.4 is 0 Å². The third-order valence-electron chi connectivity index (χ3n) is 8.14. The molecule has 0 saturated carbocycles. The molecule has 1 aliphatic carbocycles. The molecule has 0 bridgehead atoms. The highest BCUT2D eigenvalue weighted by atomic mass is 19.4. The minimum Gasteiger partial charge on any atom is -0.340 e. The van der Waals surface area contributed by atoms with Crippen molar-refractivity contribution in [3.63, 3.8) is 0 Å². The van der Waals surface area contributed by atoms with Crippen molar-refractivity contribution >= 4 is 5.91 Å². The number of halogens is 6. The number of amides is 1. The molecule has 2 aliphatic rings. The van der Waals surface area contributed by atoms with Crippen LogP contribution in [0.4, 0.5) is 26.3 Å². The number of carbonyl (C=O) groups is 1. The van der Waals surface area contributed by atoms with Crippen LogP contribution in [-0.2, 0) is 43.1 Å². The first-order valence-electron chi connectivity index (χ1n) is 13.5. The van der Waals surface area contributed by atoms with Crippen molar-refractivity contribution in [2.45, 2.75) is 43.8 Å². The Kier molecular flexibility index (Phi) is 7.91. The zero-order chi connectivity index (χ0) is 29.4. The van der Waals surface area contributed by atoms with Crippen LogP contribution in [0.5, 0.6) is 0 Å². The van der Waals surface area contributed by atoms with Gasteiger partial charge in [-0.3, -0.25) is 14.6 Å². The summed E-state index contributed by atoms with van der Waals surface area (Å²) in [6, 6.07) is 18.2. The lowest BCUT2D eigenvalue weighted by atomic mass is 9.90. The van der Waals surface area contributed by atoms with Gasteiger partial charge >= 0.3 is 12.4 Å². The van der Waals surface area contributed by atoms with Gasteiger partial charge in [0.25, 0.3) is 0 Å². The second-order valence-electron chi connectivity index (χ2n) is 11.0. The van der Waals surface area contributed by atoms with E-state index < -0.39 is 29.0 Å². The van der Waals surface area contributed by atoms with E-state index >= 15 is 0 Å². The Morgan fingerprint density at radius 3 is 1.80 bits per heavy atom. The first kappa shape index (κ1) is 29.1. The summed E-state index contributed by atoms with van der Waals surface area (Å²) in [7, 11) is 1.62. The van der Waals surface area contributed by atoms with Crippen molar-refractivity contribution in [2.75, 3.05) is 33.2 Å². The number of piperazine rings is 1. The van der Waals surface area contributed by atoms with Gasteiger partial charge in [-0.05, 0) is 40.5 Å². The lowest BCUT2D eigenvalue weighted by Gasteiger charge is -2.46. The molecule has 0 atom stereocenters. The Hall–Kier alpha value is -3.37. The average molecular weight is 576 g/mol. The van der Waals surface area contributed by atoms with E-state index in [1.165, 1.54) is 23.1 Å². The smallest absolute Gasteiger partial charge is 0.340 e. The number of hydrogen-bond acceptors (Lipinski definition) is 3. The molecule has 0 aromatic heterocycles. The van der Waals surface area contributed by atoms with Crippen molar-refractivity contribution in [1.29, 1.82) is 0 Å².